The highest BCUT2D eigenvalue weighted by Gasteiger charge is 2.59. The van der Waals surface area contributed by atoms with Gasteiger partial charge in [-0.2, -0.15) is 0 Å². The molecule has 5 nitrogen and oxygen atoms in total. The van der Waals surface area contributed by atoms with Crippen LogP contribution in [0.2, 0.25) is 0 Å². The fourth-order valence-corrected chi connectivity index (χ4v) is 12.6. The van der Waals surface area contributed by atoms with Gasteiger partial charge in [0.25, 0.3) is 0 Å². The number of benzene rings is 1. The lowest BCUT2D eigenvalue weighted by Crippen LogP contribution is -2.51. The van der Waals surface area contributed by atoms with Crippen LogP contribution in [-0.2, 0) is 14.3 Å². The first-order valence-electron chi connectivity index (χ1n) is 22.8. The zero-order valence-corrected chi connectivity index (χ0v) is 35.2. The Morgan fingerprint density at radius 2 is 1.57 bits per heavy atom. The van der Waals surface area contributed by atoms with Crippen LogP contribution in [0.4, 0.5) is 0 Å². The highest BCUT2D eigenvalue weighted by atomic mass is 16.5. The van der Waals surface area contributed by atoms with Crippen molar-refractivity contribution in [1.29, 1.82) is 0 Å². The molecule has 0 heterocycles. The molecule has 0 N–H and O–H groups in total. The smallest absolute Gasteiger partial charge is 0.314 e. The van der Waals surface area contributed by atoms with Crippen LogP contribution in [0.5, 0.6) is 11.5 Å². The zero-order valence-electron chi connectivity index (χ0n) is 35.2. The normalized spacial score (nSPS) is 33.9. The van der Waals surface area contributed by atoms with Crippen molar-refractivity contribution in [2.24, 2.45) is 58.2 Å². The van der Waals surface area contributed by atoms with E-state index in [-0.39, 0.29) is 29.4 Å². The Labute approximate surface area is 329 Å². The third-order valence-electron chi connectivity index (χ3n) is 15.8. The highest BCUT2D eigenvalue weighted by Crippen LogP contribution is 2.67. The summed E-state index contributed by atoms with van der Waals surface area (Å²) in [7, 11) is 0. The Kier molecular flexibility index (Phi) is 14.4. The van der Waals surface area contributed by atoms with Crippen LogP contribution < -0.4 is 9.47 Å². The van der Waals surface area contributed by atoms with E-state index in [2.05, 4.69) is 47.6 Å². The molecule has 1 aromatic carbocycles. The van der Waals surface area contributed by atoms with Crippen molar-refractivity contribution >= 4 is 11.9 Å². The molecule has 0 radical (unpaired) electrons. The number of hydrogen-bond acceptors (Lipinski definition) is 5. The minimum Gasteiger partial charge on any atom is -0.494 e. The van der Waals surface area contributed by atoms with Gasteiger partial charge in [-0.25, -0.2) is 0 Å². The summed E-state index contributed by atoms with van der Waals surface area (Å²) in [5.74, 6) is 6.91. The molecule has 0 amide bonds. The van der Waals surface area contributed by atoms with E-state index in [1.807, 2.05) is 24.3 Å². The van der Waals surface area contributed by atoms with Crippen LogP contribution in [0.25, 0.3) is 0 Å². The third kappa shape index (κ3) is 9.79. The minimum absolute atomic E-state index is 0.00165. The van der Waals surface area contributed by atoms with Crippen LogP contribution >= 0.6 is 0 Å². The van der Waals surface area contributed by atoms with Crippen molar-refractivity contribution in [2.45, 2.75) is 182 Å². The molecule has 0 bridgehead atoms. The van der Waals surface area contributed by atoms with Gasteiger partial charge in [0, 0.05) is 12.8 Å². The van der Waals surface area contributed by atoms with E-state index in [4.69, 9.17) is 14.2 Å². The first-order valence-corrected chi connectivity index (χ1v) is 22.8. The largest absolute Gasteiger partial charge is 0.494 e. The molecule has 4 saturated carbocycles. The van der Waals surface area contributed by atoms with Gasteiger partial charge in [-0.3, -0.25) is 9.59 Å². The Balaban J connectivity index is 0.894. The van der Waals surface area contributed by atoms with Gasteiger partial charge in [0.2, 0.25) is 0 Å². The van der Waals surface area contributed by atoms with Gasteiger partial charge < -0.3 is 14.2 Å². The van der Waals surface area contributed by atoms with Gasteiger partial charge in [-0.05, 0) is 154 Å². The summed E-state index contributed by atoms with van der Waals surface area (Å²) in [6.45, 7) is 15.2. The van der Waals surface area contributed by atoms with Crippen molar-refractivity contribution in [3.63, 3.8) is 0 Å². The molecule has 5 aliphatic rings. The average molecular weight is 745 g/mol. The van der Waals surface area contributed by atoms with Crippen molar-refractivity contribution in [3.05, 3.63) is 35.9 Å². The van der Waals surface area contributed by atoms with Gasteiger partial charge in [0.15, 0.2) is 0 Å². The predicted octanol–water partition coefficient (Wildman–Crippen LogP) is 13.1. The molecule has 0 aromatic heterocycles. The topological polar surface area (TPSA) is 61.8 Å². The third-order valence-corrected chi connectivity index (χ3v) is 15.8. The fraction of sp³-hybridized carbons (Fsp3) is 0.796. The molecule has 5 aliphatic carbocycles. The second-order valence-corrected chi connectivity index (χ2v) is 19.7. The number of unbranched alkanes of at least 4 members (excludes halogenated alkanes) is 2. The second-order valence-electron chi connectivity index (χ2n) is 19.7. The molecule has 4 fully saturated rings. The lowest BCUT2D eigenvalue weighted by Gasteiger charge is -2.58. The standard InChI is InChI=1S/C49H76O5/c1-7-8-9-14-36-16-18-37(19-17-36)47(51)54-40-23-21-39(22-24-40)52-32-11-15-46(50)53-41-28-30-48(5)38(33-41)20-25-42-44-27-26-43(35(4)13-10-12-34(2)3)49(44,6)31-29-45(42)48/h20-24,34-37,41-45H,7-19,25-33H2,1-6H3/t35-,36?,37?,41+,42+,43-,44+,45+,48+,49-/m1/s1. The van der Waals surface area contributed by atoms with Crippen molar-refractivity contribution in [2.75, 3.05) is 6.61 Å². The molecular weight excluding hydrogens is 669 g/mol. The summed E-state index contributed by atoms with van der Waals surface area (Å²) in [5, 5.41) is 0. The molecule has 1 aromatic rings. The minimum atomic E-state index is -0.105. The van der Waals surface area contributed by atoms with E-state index in [1.54, 1.807) is 5.57 Å². The molecule has 6 rings (SSSR count). The molecule has 0 unspecified atom stereocenters. The van der Waals surface area contributed by atoms with E-state index in [9.17, 15) is 9.59 Å². The molecule has 0 spiro atoms. The first kappa shape index (κ1) is 41.3. The van der Waals surface area contributed by atoms with E-state index in [0.717, 1.165) is 92.1 Å². The Morgan fingerprint density at radius 1 is 0.815 bits per heavy atom. The number of ether oxygens (including phenoxy) is 3. The molecule has 0 saturated heterocycles. The van der Waals surface area contributed by atoms with Crippen LogP contribution in [-0.4, -0.2) is 24.6 Å². The number of esters is 2. The SMILES string of the molecule is CCCCCC1CCC(C(=O)Oc2ccc(OCCCC(=O)O[C@H]3CC[C@@]4(C)C(=CC[C@H]5[C@@H]6CC[C@H]([C@H](C)CCCC(C)C)[C@@]6(C)CC[C@@H]54)C3)cc2)CC1. The summed E-state index contributed by atoms with van der Waals surface area (Å²) in [5.41, 5.74) is 2.36. The number of carbonyl (C=O) groups excluding carboxylic acids is 2. The summed E-state index contributed by atoms with van der Waals surface area (Å²) in [4.78, 5) is 25.7. The summed E-state index contributed by atoms with van der Waals surface area (Å²) >= 11 is 0. The molecule has 54 heavy (non-hydrogen) atoms. The maximum atomic E-state index is 12.9. The fourth-order valence-electron chi connectivity index (χ4n) is 12.6. The van der Waals surface area contributed by atoms with E-state index < -0.39 is 0 Å². The Hall–Kier alpha value is -2.30. The van der Waals surface area contributed by atoms with Crippen molar-refractivity contribution in [3.8, 4) is 11.5 Å². The van der Waals surface area contributed by atoms with Gasteiger partial charge in [0.05, 0.1) is 12.5 Å². The summed E-state index contributed by atoms with van der Waals surface area (Å²) in [6.07, 6.45) is 27.0. The van der Waals surface area contributed by atoms with Crippen LogP contribution in [0.3, 0.4) is 0 Å². The monoisotopic (exact) mass is 745 g/mol. The number of fused-ring (bicyclic) bond motifs is 5. The van der Waals surface area contributed by atoms with E-state index >= 15 is 0 Å². The Bertz CT molecular complexity index is 1390. The van der Waals surface area contributed by atoms with Crippen LogP contribution in [0, 0.1) is 58.2 Å². The lowest BCUT2D eigenvalue weighted by molar-refractivity contribution is -0.151. The van der Waals surface area contributed by atoms with Crippen LogP contribution in [0.1, 0.15) is 176 Å². The maximum absolute atomic E-state index is 12.9. The van der Waals surface area contributed by atoms with E-state index in [0.29, 0.717) is 30.6 Å². The molecule has 5 heteroatoms. The average Bonchev–Trinajstić information content (AvgIpc) is 3.52. The van der Waals surface area contributed by atoms with Crippen molar-refractivity contribution < 1.29 is 23.8 Å². The maximum Gasteiger partial charge on any atom is 0.314 e. The highest BCUT2D eigenvalue weighted by molar-refractivity contribution is 5.75. The van der Waals surface area contributed by atoms with Gasteiger partial charge in [0.1, 0.15) is 17.6 Å². The van der Waals surface area contributed by atoms with Gasteiger partial charge in [-0.15, -0.1) is 0 Å². The summed E-state index contributed by atoms with van der Waals surface area (Å²) < 4.78 is 17.8. The van der Waals surface area contributed by atoms with Gasteiger partial charge >= 0.3 is 11.9 Å². The Morgan fingerprint density at radius 3 is 2.31 bits per heavy atom. The first-order chi connectivity index (χ1) is 26.0. The molecule has 302 valence electrons. The predicted molar refractivity (Wildman–Crippen MR) is 219 cm³/mol. The number of allylic oxidation sites excluding steroid dienone is 1. The zero-order chi connectivity index (χ0) is 38.3. The molecule has 8 atom stereocenters. The van der Waals surface area contributed by atoms with Crippen molar-refractivity contribution in [1.82, 2.24) is 0 Å². The lowest BCUT2D eigenvalue weighted by atomic mass is 9.47. The number of hydrogen-bond donors (Lipinski definition) is 0. The molecular formula is C49H76O5. The second kappa shape index (κ2) is 18.8. The van der Waals surface area contributed by atoms with Gasteiger partial charge in [-0.1, -0.05) is 98.1 Å². The summed E-state index contributed by atoms with van der Waals surface area (Å²) in [6, 6.07) is 7.31. The molecule has 0 aliphatic heterocycles. The quantitative estimate of drug-likeness (QED) is 0.0688. The van der Waals surface area contributed by atoms with Crippen LogP contribution in [0.15, 0.2) is 35.9 Å². The van der Waals surface area contributed by atoms with E-state index in [1.165, 1.54) is 77.0 Å². The number of rotatable bonds is 17. The number of carbonyl (C=O) groups is 2.